The third kappa shape index (κ3) is 5.98. The monoisotopic (exact) mass is 301 g/mol. The van der Waals surface area contributed by atoms with Crippen LogP contribution in [0.1, 0.15) is 12.0 Å². The third-order valence-corrected chi connectivity index (χ3v) is 3.42. The standard InChI is InChI=1S/C13H16ClNO3S/c1-19-7-6-11(13(17)18)15-12(16)8-9-2-4-10(14)5-3-9/h2-5,11H,6-8H2,1H3,(H,15,16)(H,17,18)/t11-/m0/s1. The van der Waals surface area contributed by atoms with Crippen LogP contribution < -0.4 is 5.32 Å². The Kier molecular flexibility index (Phi) is 6.73. The Labute approximate surface area is 121 Å². The fraction of sp³-hybridized carbons (Fsp3) is 0.385. The highest BCUT2D eigenvalue weighted by atomic mass is 35.5. The number of carboxylic acids is 1. The molecule has 2 N–H and O–H groups in total. The number of benzene rings is 1. The molecular formula is C13H16ClNO3S. The van der Waals surface area contributed by atoms with Crippen molar-refractivity contribution in [3.05, 3.63) is 34.9 Å². The molecule has 19 heavy (non-hydrogen) atoms. The van der Waals surface area contributed by atoms with Gasteiger partial charge < -0.3 is 10.4 Å². The second-order valence-electron chi connectivity index (χ2n) is 4.04. The minimum Gasteiger partial charge on any atom is -0.480 e. The number of rotatable bonds is 7. The molecule has 1 amide bonds. The molecule has 0 spiro atoms. The zero-order valence-corrected chi connectivity index (χ0v) is 12.1. The van der Waals surface area contributed by atoms with Crippen molar-refractivity contribution in [2.45, 2.75) is 18.9 Å². The van der Waals surface area contributed by atoms with E-state index in [1.807, 2.05) is 6.26 Å². The summed E-state index contributed by atoms with van der Waals surface area (Å²) in [6, 6.07) is 6.07. The lowest BCUT2D eigenvalue weighted by Crippen LogP contribution is -2.41. The molecule has 0 aromatic heterocycles. The Morgan fingerprint density at radius 2 is 2.00 bits per heavy atom. The number of halogens is 1. The molecule has 104 valence electrons. The molecule has 0 saturated carbocycles. The number of hydrogen-bond acceptors (Lipinski definition) is 3. The van der Waals surface area contributed by atoms with Gasteiger partial charge in [-0.15, -0.1) is 0 Å². The quantitative estimate of drug-likeness (QED) is 0.810. The molecule has 1 aromatic carbocycles. The maximum Gasteiger partial charge on any atom is 0.326 e. The molecule has 0 saturated heterocycles. The zero-order valence-electron chi connectivity index (χ0n) is 10.6. The van der Waals surface area contributed by atoms with E-state index < -0.39 is 12.0 Å². The van der Waals surface area contributed by atoms with Crippen LogP contribution in [0, 0.1) is 0 Å². The van der Waals surface area contributed by atoms with Crippen LogP contribution in [0.15, 0.2) is 24.3 Å². The van der Waals surface area contributed by atoms with E-state index in [2.05, 4.69) is 5.32 Å². The van der Waals surface area contributed by atoms with Gasteiger partial charge in [0.05, 0.1) is 6.42 Å². The van der Waals surface area contributed by atoms with Crippen molar-refractivity contribution in [3.8, 4) is 0 Å². The molecule has 1 rings (SSSR count). The molecule has 6 heteroatoms. The summed E-state index contributed by atoms with van der Waals surface area (Å²) in [6.45, 7) is 0. The molecule has 0 aliphatic heterocycles. The Hall–Kier alpha value is -1.20. The van der Waals surface area contributed by atoms with E-state index in [1.54, 1.807) is 36.0 Å². The average Bonchev–Trinajstić information content (AvgIpc) is 2.37. The summed E-state index contributed by atoms with van der Waals surface area (Å²) in [5, 5.41) is 12.1. The number of carbonyl (C=O) groups excluding carboxylic acids is 1. The molecule has 0 radical (unpaired) electrons. The lowest BCUT2D eigenvalue weighted by Gasteiger charge is -2.13. The van der Waals surface area contributed by atoms with E-state index in [1.165, 1.54) is 0 Å². The normalized spacial score (nSPS) is 11.9. The van der Waals surface area contributed by atoms with Crippen LogP contribution in [0.25, 0.3) is 0 Å². The molecular weight excluding hydrogens is 286 g/mol. The van der Waals surface area contributed by atoms with E-state index in [-0.39, 0.29) is 12.3 Å². The highest BCUT2D eigenvalue weighted by Gasteiger charge is 2.19. The lowest BCUT2D eigenvalue weighted by molar-refractivity contribution is -0.141. The van der Waals surface area contributed by atoms with Gasteiger partial charge in [0.2, 0.25) is 5.91 Å². The van der Waals surface area contributed by atoms with Crippen molar-refractivity contribution in [1.82, 2.24) is 5.32 Å². The van der Waals surface area contributed by atoms with Crippen LogP contribution in [-0.4, -0.2) is 35.0 Å². The van der Waals surface area contributed by atoms with E-state index in [9.17, 15) is 9.59 Å². The molecule has 0 aliphatic carbocycles. The van der Waals surface area contributed by atoms with Crippen molar-refractivity contribution in [2.24, 2.45) is 0 Å². The summed E-state index contributed by atoms with van der Waals surface area (Å²) in [4.78, 5) is 22.8. The van der Waals surface area contributed by atoms with Crippen LogP contribution in [-0.2, 0) is 16.0 Å². The summed E-state index contributed by atoms with van der Waals surface area (Å²) in [7, 11) is 0. The fourth-order valence-corrected chi connectivity index (χ4v) is 2.12. The van der Waals surface area contributed by atoms with Gasteiger partial charge in [0.25, 0.3) is 0 Å². The van der Waals surface area contributed by atoms with Crippen LogP contribution in [0.2, 0.25) is 5.02 Å². The average molecular weight is 302 g/mol. The van der Waals surface area contributed by atoms with Gasteiger partial charge in [0.15, 0.2) is 0 Å². The largest absolute Gasteiger partial charge is 0.480 e. The molecule has 0 fully saturated rings. The minimum atomic E-state index is -1.00. The summed E-state index contributed by atoms with van der Waals surface area (Å²) < 4.78 is 0. The van der Waals surface area contributed by atoms with Gasteiger partial charge in [-0.1, -0.05) is 23.7 Å². The first-order valence-electron chi connectivity index (χ1n) is 5.78. The van der Waals surface area contributed by atoms with Gasteiger partial charge >= 0.3 is 5.97 Å². The second kappa shape index (κ2) is 8.07. The Morgan fingerprint density at radius 1 is 1.37 bits per heavy atom. The number of carbonyl (C=O) groups is 2. The van der Waals surface area contributed by atoms with E-state index >= 15 is 0 Å². The molecule has 0 heterocycles. The summed E-state index contributed by atoms with van der Waals surface area (Å²) >= 11 is 7.30. The maximum absolute atomic E-state index is 11.8. The first-order chi connectivity index (χ1) is 9.02. The number of nitrogens with one attached hydrogen (secondary N) is 1. The minimum absolute atomic E-state index is 0.153. The van der Waals surface area contributed by atoms with Crippen molar-refractivity contribution < 1.29 is 14.7 Å². The number of aliphatic carboxylic acids is 1. The van der Waals surface area contributed by atoms with Crippen LogP contribution >= 0.6 is 23.4 Å². The summed E-state index contributed by atoms with van der Waals surface area (Å²) in [5.41, 5.74) is 0.802. The molecule has 1 atom stereocenters. The number of thioether (sulfide) groups is 1. The number of hydrogen-bond donors (Lipinski definition) is 2. The Morgan fingerprint density at radius 3 is 2.53 bits per heavy atom. The van der Waals surface area contributed by atoms with Crippen LogP contribution in [0.3, 0.4) is 0 Å². The molecule has 0 bridgehead atoms. The molecule has 0 unspecified atom stereocenters. The Bertz CT molecular complexity index is 436. The van der Waals surface area contributed by atoms with Crippen LogP contribution in [0.5, 0.6) is 0 Å². The first-order valence-corrected chi connectivity index (χ1v) is 7.55. The smallest absolute Gasteiger partial charge is 0.326 e. The van der Waals surface area contributed by atoms with Gasteiger partial charge in [-0.25, -0.2) is 4.79 Å². The van der Waals surface area contributed by atoms with Gasteiger partial charge in [0.1, 0.15) is 6.04 Å². The van der Waals surface area contributed by atoms with Crippen molar-refractivity contribution >= 4 is 35.2 Å². The zero-order chi connectivity index (χ0) is 14.3. The topological polar surface area (TPSA) is 66.4 Å². The van der Waals surface area contributed by atoms with Crippen molar-refractivity contribution in [3.63, 3.8) is 0 Å². The maximum atomic E-state index is 11.8. The van der Waals surface area contributed by atoms with E-state index in [4.69, 9.17) is 16.7 Å². The Balaban J connectivity index is 2.52. The fourth-order valence-electron chi connectivity index (χ4n) is 1.53. The van der Waals surface area contributed by atoms with Gasteiger partial charge in [-0.05, 0) is 36.1 Å². The SMILES string of the molecule is CSCC[C@H](NC(=O)Cc1ccc(Cl)cc1)C(=O)O. The number of carboxylic acid groups (broad SMARTS) is 1. The predicted molar refractivity (Wildman–Crippen MR) is 77.7 cm³/mol. The van der Waals surface area contributed by atoms with E-state index in [0.717, 1.165) is 5.56 Å². The van der Waals surface area contributed by atoms with Gasteiger partial charge in [-0.2, -0.15) is 11.8 Å². The summed E-state index contributed by atoms with van der Waals surface area (Å²) in [5.74, 6) is -0.604. The predicted octanol–water partition coefficient (Wildman–Crippen LogP) is 2.20. The van der Waals surface area contributed by atoms with Crippen molar-refractivity contribution in [2.75, 3.05) is 12.0 Å². The van der Waals surface area contributed by atoms with Gasteiger partial charge in [-0.3, -0.25) is 4.79 Å². The molecule has 4 nitrogen and oxygen atoms in total. The highest BCUT2D eigenvalue weighted by molar-refractivity contribution is 7.98. The molecule has 0 aliphatic rings. The summed E-state index contributed by atoms with van der Waals surface area (Å²) in [6.07, 6.45) is 2.47. The first kappa shape index (κ1) is 15.9. The van der Waals surface area contributed by atoms with Crippen LogP contribution in [0.4, 0.5) is 0 Å². The van der Waals surface area contributed by atoms with Crippen molar-refractivity contribution in [1.29, 1.82) is 0 Å². The van der Waals surface area contributed by atoms with Gasteiger partial charge in [0, 0.05) is 5.02 Å². The number of amides is 1. The lowest BCUT2D eigenvalue weighted by atomic mass is 10.1. The molecule has 1 aromatic rings. The third-order valence-electron chi connectivity index (χ3n) is 2.52. The second-order valence-corrected chi connectivity index (χ2v) is 5.47. The highest BCUT2D eigenvalue weighted by Crippen LogP contribution is 2.10. The van der Waals surface area contributed by atoms with E-state index in [0.29, 0.717) is 17.2 Å².